The number of fused-ring (bicyclic) bond motifs is 1. The Kier molecular flexibility index (Phi) is 4.37. The monoisotopic (exact) mass is 285 g/mol. The van der Waals surface area contributed by atoms with Crippen molar-refractivity contribution in [3.05, 3.63) is 24.1 Å². The minimum Gasteiger partial charge on any atom is -0.437 e. The van der Waals surface area contributed by atoms with Gasteiger partial charge in [-0.3, -0.25) is 4.57 Å². The molecule has 1 aromatic heterocycles. The molecule has 0 amide bonds. The van der Waals surface area contributed by atoms with Crippen LogP contribution in [0.5, 0.6) is 0 Å². The van der Waals surface area contributed by atoms with Gasteiger partial charge in [0.25, 0.3) is 0 Å². The second kappa shape index (κ2) is 5.84. The number of aromatic nitrogens is 1. The third kappa shape index (κ3) is 2.72. The van der Waals surface area contributed by atoms with Crippen LogP contribution in [0.15, 0.2) is 22.6 Å². The average Bonchev–Trinajstić information content (AvgIpc) is 2.81. The maximum atomic E-state index is 12.7. The SMILES string of the molecule is CCOP(=O)(OCC)c1cccc2nc(CO)oc12. The summed E-state index contributed by atoms with van der Waals surface area (Å²) in [6, 6.07) is 5.04. The van der Waals surface area contributed by atoms with Crippen LogP contribution in [0, 0.1) is 0 Å². The number of benzene rings is 1. The first kappa shape index (κ1) is 14.2. The normalized spacial score (nSPS) is 12.2. The van der Waals surface area contributed by atoms with Crippen molar-refractivity contribution in [3.8, 4) is 0 Å². The van der Waals surface area contributed by atoms with Crippen molar-refractivity contribution in [1.82, 2.24) is 4.98 Å². The number of hydrogen-bond acceptors (Lipinski definition) is 6. The van der Waals surface area contributed by atoms with Gasteiger partial charge in [-0.25, -0.2) is 4.98 Å². The van der Waals surface area contributed by atoms with Gasteiger partial charge in [0.1, 0.15) is 17.4 Å². The number of rotatable bonds is 6. The first-order valence-corrected chi connectivity index (χ1v) is 7.57. The fourth-order valence-electron chi connectivity index (χ4n) is 1.78. The van der Waals surface area contributed by atoms with Crippen LogP contribution in [0.2, 0.25) is 0 Å². The minimum absolute atomic E-state index is 0.169. The minimum atomic E-state index is -3.43. The second-order valence-electron chi connectivity index (χ2n) is 3.72. The van der Waals surface area contributed by atoms with Crippen LogP contribution >= 0.6 is 7.60 Å². The second-order valence-corrected chi connectivity index (χ2v) is 5.72. The molecule has 1 heterocycles. The molecular formula is C12H16NO5P. The van der Waals surface area contributed by atoms with E-state index in [1.165, 1.54) is 0 Å². The van der Waals surface area contributed by atoms with E-state index in [2.05, 4.69) is 4.98 Å². The Labute approximate surface area is 110 Å². The number of para-hydroxylation sites is 1. The lowest BCUT2D eigenvalue weighted by Gasteiger charge is -2.16. The summed E-state index contributed by atoms with van der Waals surface area (Å²) in [4.78, 5) is 4.08. The van der Waals surface area contributed by atoms with Gasteiger partial charge < -0.3 is 18.6 Å². The zero-order valence-corrected chi connectivity index (χ0v) is 11.7. The largest absolute Gasteiger partial charge is 0.437 e. The van der Waals surface area contributed by atoms with E-state index in [-0.39, 0.29) is 25.7 Å². The highest BCUT2D eigenvalue weighted by Crippen LogP contribution is 2.48. The van der Waals surface area contributed by atoms with Crippen molar-refractivity contribution < 1.29 is 23.1 Å². The van der Waals surface area contributed by atoms with Crippen LogP contribution in [0.4, 0.5) is 0 Å². The Bertz CT molecular complexity index is 599. The predicted octanol–water partition coefficient (Wildman–Crippen LogP) is 2.21. The van der Waals surface area contributed by atoms with Gasteiger partial charge in [-0.15, -0.1) is 0 Å². The van der Waals surface area contributed by atoms with Crippen molar-refractivity contribution in [2.24, 2.45) is 0 Å². The molecule has 104 valence electrons. The van der Waals surface area contributed by atoms with E-state index in [0.29, 0.717) is 16.4 Å². The zero-order chi connectivity index (χ0) is 13.9. The Morgan fingerprint density at radius 1 is 1.32 bits per heavy atom. The van der Waals surface area contributed by atoms with Gasteiger partial charge in [0.05, 0.1) is 13.2 Å². The first-order chi connectivity index (χ1) is 9.14. The van der Waals surface area contributed by atoms with Gasteiger partial charge >= 0.3 is 7.60 Å². The van der Waals surface area contributed by atoms with Crippen LogP contribution in [0.3, 0.4) is 0 Å². The molecule has 19 heavy (non-hydrogen) atoms. The highest BCUT2D eigenvalue weighted by Gasteiger charge is 2.31. The average molecular weight is 285 g/mol. The maximum absolute atomic E-state index is 12.7. The van der Waals surface area contributed by atoms with Gasteiger partial charge in [-0.05, 0) is 26.0 Å². The number of hydrogen-bond donors (Lipinski definition) is 1. The highest BCUT2D eigenvalue weighted by atomic mass is 31.2. The van der Waals surface area contributed by atoms with Crippen molar-refractivity contribution in [1.29, 1.82) is 0 Å². The molecule has 0 saturated carbocycles. The van der Waals surface area contributed by atoms with Crippen LogP contribution in [0.25, 0.3) is 11.1 Å². The van der Waals surface area contributed by atoms with Crippen molar-refractivity contribution >= 4 is 24.0 Å². The van der Waals surface area contributed by atoms with Gasteiger partial charge in [0, 0.05) is 0 Å². The highest BCUT2D eigenvalue weighted by molar-refractivity contribution is 7.62. The van der Waals surface area contributed by atoms with E-state index in [1.807, 2.05) is 0 Å². The van der Waals surface area contributed by atoms with E-state index in [1.54, 1.807) is 32.0 Å². The molecule has 7 heteroatoms. The fourth-order valence-corrected chi connectivity index (χ4v) is 3.49. The molecule has 0 aliphatic carbocycles. The van der Waals surface area contributed by atoms with Gasteiger partial charge in [0.2, 0.25) is 5.89 Å². The van der Waals surface area contributed by atoms with Gasteiger partial charge in [-0.1, -0.05) is 6.07 Å². The van der Waals surface area contributed by atoms with E-state index in [4.69, 9.17) is 18.6 Å². The van der Waals surface area contributed by atoms with E-state index in [9.17, 15) is 4.57 Å². The molecule has 6 nitrogen and oxygen atoms in total. The summed E-state index contributed by atoms with van der Waals surface area (Å²) in [5, 5.41) is 9.39. The van der Waals surface area contributed by atoms with Crippen LogP contribution in [-0.2, 0) is 20.2 Å². The van der Waals surface area contributed by atoms with Crippen LogP contribution in [-0.4, -0.2) is 23.3 Å². The number of oxazole rings is 1. The summed E-state index contributed by atoms with van der Waals surface area (Å²) in [6.45, 7) is 3.68. The van der Waals surface area contributed by atoms with Crippen LogP contribution < -0.4 is 5.30 Å². The molecule has 0 unspecified atom stereocenters. The Hall–Kier alpha value is -1.20. The molecule has 0 saturated heterocycles. The van der Waals surface area contributed by atoms with Crippen molar-refractivity contribution in [2.45, 2.75) is 20.5 Å². The number of aliphatic hydroxyl groups is 1. The molecule has 2 rings (SSSR count). The lowest BCUT2D eigenvalue weighted by Crippen LogP contribution is -2.11. The fraction of sp³-hybridized carbons (Fsp3) is 0.417. The topological polar surface area (TPSA) is 81.8 Å². The maximum Gasteiger partial charge on any atom is 0.365 e. The lowest BCUT2D eigenvalue weighted by molar-refractivity contribution is 0.229. The third-order valence-electron chi connectivity index (χ3n) is 2.47. The molecular weight excluding hydrogens is 269 g/mol. The Morgan fingerprint density at radius 2 is 2.00 bits per heavy atom. The molecule has 0 atom stereocenters. The van der Waals surface area contributed by atoms with Crippen molar-refractivity contribution in [2.75, 3.05) is 13.2 Å². The van der Waals surface area contributed by atoms with Gasteiger partial charge in [0.15, 0.2) is 5.58 Å². The molecule has 1 aromatic carbocycles. The summed E-state index contributed by atoms with van der Waals surface area (Å²) < 4.78 is 28.7. The standard InChI is InChI=1S/C12H16NO5P/c1-3-16-19(15,17-4-2)10-7-5-6-9-12(10)18-11(8-14)13-9/h5-7,14H,3-4,8H2,1-2H3. The molecule has 0 bridgehead atoms. The molecule has 0 radical (unpaired) electrons. The number of aliphatic hydroxyl groups excluding tert-OH is 1. The Morgan fingerprint density at radius 3 is 2.58 bits per heavy atom. The smallest absolute Gasteiger partial charge is 0.365 e. The summed E-state index contributed by atoms with van der Waals surface area (Å²) in [6.07, 6.45) is 0. The molecule has 0 aliphatic rings. The quantitative estimate of drug-likeness (QED) is 0.819. The summed E-state index contributed by atoms with van der Waals surface area (Å²) >= 11 is 0. The van der Waals surface area contributed by atoms with Gasteiger partial charge in [-0.2, -0.15) is 0 Å². The molecule has 0 fully saturated rings. The van der Waals surface area contributed by atoms with E-state index in [0.717, 1.165) is 0 Å². The Balaban J connectivity index is 2.59. The summed E-state index contributed by atoms with van der Waals surface area (Å²) in [7, 11) is -3.43. The lowest BCUT2D eigenvalue weighted by atomic mass is 10.3. The molecule has 0 spiro atoms. The molecule has 2 aromatic rings. The third-order valence-corrected chi connectivity index (χ3v) is 4.61. The summed E-state index contributed by atoms with van der Waals surface area (Å²) in [5.74, 6) is 0.169. The van der Waals surface area contributed by atoms with E-state index < -0.39 is 7.60 Å². The molecule has 0 aliphatic heterocycles. The zero-order valence-electron chi connectivity index (χ0n) is 10.8. The van der Waals surface area contributed by atoms with Crippen LogP contribution in [0.1, 0.15) is 19.7 Å². The number of nitrogens with zero attached hydrogens (tertiary/aromatic N) is 1. The van der Waals surface area contributed by atoms with E-state index >= 15 is 0 Å². The first-order valence-electron chi connectivity index (χ1n) is 6.03. The predicted molar refractivity (Wildman–Crippen MR) is 70.4 cm³/mol. The molecule has 1 N–H and O–H groups in total. The summed E-state index contributed by atoms with van der Waals surface area (Å²) in [5.41, 5.74) is 0.845. The van der Waals surface area contributed by atoms with Crippen molar-refractivity contribution in [3.63, 3.8) is 0 Å².